The van der Waals surface area contributed by atoms with Crippen molar-refractivity contribution in [3.63, 3.8) is 0 Å². The minimum atomic E-state index is -3.75. The van der Waals surface area contributed by atoms with Crippen molar-refractivity contribution in [2.45, 2.75) is 23.3 Å². The Kier molecular flexibility index (Phi) is 5.12. The fraction of sp³-hybridized carbons (Fsp3) is 0.143. The SMILES string of the molecule is O=S(=O)(Nc1cccc2ccccc12)c1ccc2c(c1)C1C=CCC1C(c1ccc(Cl)cc1)N2. The summed E-state index contributed by atoms with van der Waals surface area (Å²) in [6.07, 6.45) is 5.35. The van der Waals surface area contributed by atoms with E-state index in [-0.39, 0.29) is 16.9 Å². The van der Waals surface area contributed by atoms with E-state index in [4.69, 9.17) is 11.6 Å². The van der Waals surface area contributed by atoms with E-state index in [9.17, 15) is 8.42 Å². The van der Waals surface area contributed by atoms with Crippen molar-refractivity contribution in [3.8, 4) is 0 Å². The van der Waals surface area contributed by atoms with Gasteiger partial charge in [-0.05, 0) is 65.3 Å². The summed E-state index contributed by atoms with van der Waals surface area (Å²) in [5.74, 6) is 0.474. The number of allylic oxidation sites excluding steroid dienone is 2. The number of benzene rings is 4. The molecule has 0 aromatic heterocycles. The molecule has 0 fully saturated rings. The van der Waals surface area contributed by atoms with Gasteiger partial charge in [0.2, 0.25) is 0 Å². The number of sulfonamides is 1. The summed E-state index contributed by atoms with van der Waals surface area (Å²) in [6.45, 7) is 0. The van der Waals surface area contributed by atoms with Crippen LogP contribution in [0.4, 0.5) is 11.4 Å². The van der Waals surface area contributed by atoms with Gasteiger partial charge in [0.1, 0.15) is 0 Å². The second-order valence-electron chi connectivity index (χ2n) is 8.91. The zero-order valence-electron chi connectivity index (χ0n) is 18.3. The standard InChI is InChI=1S/C28H23ClN2O2S/c29-20-13-11-19(12-14-20)28-24-9-4-8-23(24)25-17-21(15-16-26(25)30-28)34(32,33)31-27-10-3-6-18-5-1-2-7-22(18)27/h1-8,10-17,23-24,28,30-31H,9H2. The number of anilines is 2. The lowest BCUT2D eigenvalue weighted by molar-refractivity contribution is 0.425. The van der Waals surface area contributed by atoms with E-state index in [1.165, 1.54) is 5.56 Å². The maximum Gasteiger partial charge on any atom is 0.261 e. The predicted octanol–water partition coefficient (Wildman–Crippen LogP) is 7.12. The highest BCUT2D eigenvalue weighted by molar-refractivity contribution is 7.92. The third kappa shape index (κ3) is 3.65. The average molecular weight is 487 g/mol. The van der Waals surface area contributed by atoms with E-state index < -0.39 is 10.0 Å². The zero-order valence-corrected chi connectivity index (χ0v) is 19.9. The van der Waals surface area contributed by atoms with Crippen molar-refractivity contribution in [1.82, 2.24) is 0 Å². The highest BCUT2D eigenvalue weighted by atomic mass is 35.5. The topological polar surface area (TPSA) is 58.2 Å². The molecular weight excluding hydrogens is 464 g/mol. The first kappa shape index (κ1) is 21.3. The van der Waals surface area contributed by atoms with Gasteiger partial charge >= 0.3 is 0 Å². The van der Waals surface area contributed by atoms with Gasteiger partial charge in [-0.15, -0.1) is 0 Å². The van der Waals surface area contributed by atoms with Crippen LogP contribution in [0.15, 0.2) is 102 Å². The van der Waals surface area contributed by atoms with E-state index in [1.54, 1.807) is 12.1 Å². The number of rotatable bonds is 4. The van der Waals surface area contributed by atoms with Crippen molar-refractivity contribution in [2.24, 2.45) is 5.92 Å². The molecule has 3 atom stereocenters. The second kappa shape index (κ2) is 8.19. The lowest BCUT2D eigenvalue weighted by Gasteiger charge is -2.37. The Morgan fingerprint density at radius 2 is 1.71 bits per heavy atom. The molecule has 1 heterocycles. The van der Waals surface area contributed by atoms with Crippen LogP contribution >= 0.6 is 11.6 Å². The minimum Gasteiger partial charge on any atom is -0.378 e. The molecule has 0 saturated heterocycles. The molecule has 4 aromatic carbocycles. The molecule has 1 aliphatic heterocycles. The van der Waals surface area contributed by atoms with Crippen molar-refractivity contribution in [3.05, 3.63) is 113 Å². The molecule has 3 unspecified atom stereocenters. The Morgan fingerprint density at radius 3 is 2.56 bits per heavy atom. The van der Waals surface area contributed by atoms with Crippen LogP contribution in [-0.2, 0) is 10.0 Å². The highest BCUT2D eigenvalue weighted by Gasteiger charge is 2.38. The van der Waals surface area contributed by atoms with Crippen molar-refractivity contribution >= 4 is 43.8 Å². The molecule has 0 radical (unpaired) electrons. The number of hydrogen-bond donors (Lipinski definition) is 2. The lowest BCUT2D eigenvalue weighted by atomic mass is 9.77. The van der Waals surface area contributed by atoms with E-state index in [0.29, 0.717) is 11.6 Å². The summed E-state index contributed by atoms with van der Waals surface area (Å²) in [4.78, 5) is 0.268. The molecule has 1 aliphatic carbocycles. The Bertz CT molecular complexity index is 1520. The van der Waals surface area contributed by atoms with Crippen LogP contribution in [0.1, 0.15) is 29.5 Å². The molecule has 4 nitrogen and oxygen atoms in total. The first-order valence-electron chi connectivity index (χ1n) is 11.3. The summed E-state index contributed by atoms with van der Waals surface area (Å²) in [7, 11) is -3.75. The quantitative estimate of drug-likeness (QED) is 0.302. The molecule has 0 bridgehead atoms. The van der Waals surface area contributed by atoms with Crippen LogP contribution in [0.25, 0.3) is 10.8 Å². The second-order valence-corrected chi connectivity index (χ2v) is 11.0. The predicted molar refractivity (Wildman–Crippen MR) is 139 cm³/mol. The fourth-order valence-electron chi connectivity index (χ4n) is 5.26. The third-order valence-corrected chi connectivity index (χ3v) is 8.52. The van der Waals surface area contributed by atoms with Gasteiger partial charge in [-0.25, -0.2) is 8.42 Å². The van der Waals surface area contributed by atoms with Crippen molar-refractivity contribution in [2.75, 3.05) is 10.0 Å². The normalized spacial score (nSPS) is 21.0. The van der Waals surface area contributed by atoms with E-state index in [2.05, 4.69) is 34.3 Å². The van der Waals surface area contributed by atoms with Crippen LogP contribution in [-0.4, -0.2) is 8.42 Å². The summed E-state index contributed by atoms with van der Waals surface area (Å²) < 4.78 is 29.6. The van der Waals surface area contributed by atoms with E-state index in [1.807, 2.05) is 60.7 Å². The summed E-state index contributed by atoms with van der Waals surface area (Å²) in [5.41, 5.74) is 3.75. The Morgan fingerprint density at radius 1 is 0.912 bits per heavy atom. The highest BCUT2D eigenvalue weighted by Crippen LogP contribution is 2.50. The van der Waals surface area contributed by atoms with E-state index >= 15 is 0 Å². The van der Waals surface area contributed by atoms with Gasteiger partial charge in [-0.3, -0.25) is 4.72 Å². The summed E-state index contributed by atoms with van der Waals surface area (Å²) in [5, 5.41) is 6.24. The van der Waals surface area contributed by atoms with Gasteiger partial charge in [0.15, 0.2) is 0 Å². The van der Waals surface area contributed by atoms with Crippen LogP contribution < -0.4 is 10.0 Å². The Balaban J connectivity index is 1.36. The number of nitrogens with one attached hydrogen (secondary N) is 2. The molecular formula is C28H23ClN2O2S. The molecule has 0 amide bonds. The van der Waals surface area contributed by atoms with Gasteiger partial charge in [0.25, 0.3) is 10.0 Å². The van der Waals surface area contributed by atoms with Crippen LogP contribution in [0.3, 0.4) is 0 Å². The minimum absolute atomic E-state index is 0.140. The molecule has 170 valence electrons. The van der Waals surface area contributed by atoms with Crippen molar-refractivity contribution in [1.29, 1.82) is 0 Å². The first-order valence-corrected chi connectivity index (χ1v) is 13.2. The molecule has 34 heavy (non-hydrogen) atoms. The number of hydrogen-bond acceptors (Lipinski definition) is 3. The molecule has 0 saturated carbocycles. The van der Waals surface area contributed by atoms with Gasteiger partial charge in [-0.1, -0.05) is 72.3 Å². The number of fused-ring (bicyclic) bond motifs is 4. The smallest absolute Gasteiger partial charge is 0.261 e. The monoisotopic (exact) mass is 486 g/mol. The average Bonchev–Trinajstić information content (AvgIpc) is 3.34. The van der Waals surface area contributed by atoms with Crippen LogP contribution in [0.5, 0.6) is 0 Å². The van der Waals surface area contributed by atoms with Crippen LogP contribution in [0.2, 0.25) is 5.02 Å². The maximum atomic E-state index is 13.4. The number of halogens is 1. The third-order valence-electron chi connectivity index (χ3n) is 6.91. The molecule has 2 N–H and O–H groups in total. The maximum absolute atomic E-state index is 13.4. The molecule has 6 heteroatoms. The fourth-order valence-corrected chi connectivity index (χ4v) is 6.50. The van der Waals surface area contributed by atoms with Gasteiger partial charge in [-0.2, -0.15) is 0 Å². The lowest BCUT2D eigenvalue weighted by Crippen LogP contribution is -2.29. The first-order chi connectivity index (χ1) is 16.5. The molecule has 6 rings (SSSR count). The summed E-state index contributed by atoms with van der Waals surface area (Å²) in [6, 6.07) is 26.9. The van der Waals surface area contributed by atoms with Crippen molar-refractivity contribution < 1.29 is 8.42 Å². The van der Waals surface area contributed by atoms with Gasteiger partial charge in [0.05, 0.1) is 16.6 Å². The van der Waals surface area contributed by atoms with Crippen LogP contribution in [0, 0.1) is 5.92 Å². The van der Waals surface area contributed by atoms with Gasteiger partial charge in [0, 0.05) is 22.0 Å². The van der Waals surface area contributed by atoms with Gasteiger partial charge < -0.3 is 5.32 Å². The molecule has 0 spiro atoms. The largest absolute Gasteiger partial charge is 0.378 e. The molecule has 4 aromatic rings. The molecule has 2 aliphatic rings. The Labute approximate surface area is 204 Å². The summed E-state index contributed by atoms with van der Waals surface area (Å²) >= 11 is 6.10. The Hall–Kier alpha value is -3.28. The zero-order chi connectivity index (χ0) is 23.3. The van der Waals surface area contributed by atoms with E-state index in [0.717, 1.165) is 33.5 Å².